The lowest BCUT2D eigenvalue weighted by Gasteiger charge is -2.05. The maximum absolute atomic E-state index is 4.28. The molecule has 0 aliphatic carbocycles. The number of hydrogen-bond donors (Lipinski definition) is 3. The van der Waals surface area contributed by atoms with Gasteiger partial charge in [0.15, 0.2) is 0 Å². The molecule has 0 amide bonds. The predicted molar refractivity (Wildman–Crippen MR) is 53.5 cm³/mol. The fourth-order valence-corrected chi connectivity index (χ4v) is 1.43. The molecule has 0 aromatic rings. The molecule has 2 aliphatic heterocycles. The van der Waals surface area contributed by atoms with E-state index in [9.17, 15) is 0 Å². The van der Waals surface area contributed by atoms with Gasteiger partial charge in [-0.1, -0.05) is 0 Å². The van der Waals surface area contributed by atoms with Crippen LogP contribution in [0.3, 0.4) is 0 Å². The Bertz CT molecular complexity index is 209. The normalized spacial score (nSPS) is 20.6. The smallest absolute Gasteiger partial charge is 0.110 e. The van der Waals surface area contributed by atoms with Gasteiger partial charge in [-0.25, -0.2) is 0 Å². The summed E-state index contributed by atoms with van der Waals surface area (Å²) in [5.41, 5.74) is 0. The van der Waals surface area contributed by atoms with Gasteiger partial charge in [-0.2, -0.15) is 0 Å². The molecule has 0 spiro atoms. The van der Waals surface area contributed by atoms with Gasteiger partial charge < -0.3 is 16.0 Å². The molecule has 0 saturated carbocycles. The fraction of sp³-hybridized carbons (Fsp3) is 0.750. The molecule has 0 atom stereocenters. The van der Waals surface area contributed by atoms with E-state index in [4.69, 9.17) is 0 Å². The predicted octanol–water partition coefficient (Wildman–Crippen LogP) is -1.42. The summed E-state index contributed by atoms with van der Waals surface area (Å²) in [5.74, 6) is 2.14. The molecule has 0 radical (unpaired) electrons. The minimum Gasteiger partial charge on any atom is -0.371 e. The molecule has 0 unspecified atom stereocenters. The van der Waals surface area contributed by atoms with Crippen LogP contribution in [0.15, 0.2) is 9.98 Å². The third-order valence-corrected chi connectivity index (χ3v) is 2.07. The summed E-state index contributed by atoms with van der Waals surface area (Å²) in [6.45, 7) is 5.43. The van der Waals surface area contributed by atoms with Crippen molar-refractivity contribution in [2.45, 2.75) is 0 Å². The largest absolute Gasteiger partial charge is 0.371 e. The average Bonchev–Trinajstić information content (AvgIpc) is 2.75. The fourth-order valence-electron chi connectivity index (χ4n) is 1.43. The van der Waals surface area contributed by atoms with Crippen LogP contribution >= 0.6 is 0 Å². The van der Waals surface area contributed by atoms with Gasteiger partial charge in [0.25, 0.3) is 0 Å². The maximum atomic E-state index is 4.28. The number of amidine groups is 2. The topological polar surface area (TPSA) is 60.8 Å². The van der Waals surface area contributed by atoms with E-state index in [1.165, 1.54) is 0 Å². The molecule has 3 N–H and O–H groups in total. The summed E-state index contributed by atoms with van der Waals surface area (Å²) in [5, 5.41) is 9.70. The molecular weight excluding hydrogens is 166 g/mol. The second-order valence-corrected chi connectivity index (χ2v) is 3.11. The van der Waals surface area contributed by atoms with Crippen LogP contribution in [0, 0.1) is 0 Å². The van der Waals surface area contributed by atoms with Crippen molar-refractivity contribution in [3.8, 4) is 0 Å². The lowest BCUT2D eigenvalue weighted by atomic mass is 10.5. The summed E-state index contributed by atoms with van der Waals surface area (Å²) in [6, 6.07) is 0. The standard InChI is InChI=1S/C8H15N5/c1-2-11-7(10-1)5-9-6-8-12-3-4-13-8/h9H,1-6H2,(H,10,11)(H,12,13). The van der Waals surface area contributed by atoms with Crippen molar-refractivity contribution >= 4 is 11.7 Å². The molecule has 72 valence electrons. The highest BCUT2D eigenvalue weighted by atomic mass is 15.1. The summed E-state index contributed by atoms with van der Waals surface area (Å²) in [6.07, 6.45) is 0. The maximum Gasteiger partial charge on any atom is 0.110 e. The average molecular weight is 181 g/mol. The molecule has 0 saturated heterocycles. The molecule has 0 aromatic heterocycles. The Balaban J connectivity index is 1.63. The number of rotatable bonds is 4. The van der Waals surface area contributed by atoms with E-state index < -0.39 is 0 Å². The summed E-state index contributed by atoms with van der Waals surface area (Å²) in [4.78, 5) is 8.57. The Hall–Kier alpha value is -1.10. The van der Waals surface area contributed by atoms with Gasteiger partial charge in [-0.15, -0.1) is 0 Å². The van der Waals surface area contributed by atoms with Gasteiger partial charge in [0.2, 0.25) is 0 Å². The van der Waals surface area contributed by atoms with Gasteiger partial charge in [-0.3, -0.25) is 9.98 Å². The first-order chi connectivity index (χ1) is 6.45. The van der Waals surface area contributed by atoms with Crippen molar-refractivity contribution in [3.63, 3.8) is 0 Å². The second-order valence-electron chi connectivity index (χ2n) is 3.11. The quantitative estimate of drug-likeness (QED) is 0.499. The zero-order chi connectivity index (χ0) is 8.93. The van der Waals surface area contributed by atoms with E-state index in [0.717, 1.165) is 50.9 Å². The molecule has 2 rings (SSSR count). The van der Waals surface area contributed by atoms with Crippen molar-refractivity contribution in [1.29, 1.82) is 0 Å². The monoisotopic (exact) mass is 181 g/mol. The first-order valence-electron chi connectivity index (χ1n) is 4.70. The number of nitrogens with one attached hydrogen (secondary N) is 3. The van der Waals surface area contributed by atoms with Crippen molar-refractivity contribution in [3.05, 3.63) is 0 Å². The number of aliphatic imine (C=N–C) groups is 2. The van der Waals surface area contributed by atoms with Gasteiger partial charge in [0.1, 0.15) is 11.7 Å². The van der Waals surface area contributed by atoms with Crippen molar-refractivity contribution in [2.24, 2.45) is 9.98 Å². The number of nitrogens with zero attached hydrogens (tertiary/aromatic N) is 2. The molecule has 0 fully saturated rings. The van der Waals surface area contributed by atoms with Gasteiger partial charge in [0.05, 0.1) is 26.2 Å². The Labute approximate surface area is 77.7 Å². The first-order valence-corrected chi connectivity index (χ1v) is 4.70. The highest BCUT2D eigenvalue weighted by molar-refractivity contribution is 5.88. The van der Waals surface area contributed by atoms with E-state index in [1.807, 2.05) is 0 Å². The minimum absolute atomic E-state index is 0.820. The first kappa shape index (κ1) is 8.50. The third kappa shape index (κ3) is 2.42. The summed E-state index contributed by atoms with van der Waals surface area (Å²) < 4.78 is 0. The van der Waals surface area contributed by atoms with E-state index in [1.54, 1.807) is 0 Å². The zero-order valence-electron chi connectivity index (χ0n) is 7.64. The third-order valence-electron chi connectivity index (χ3n) is 2.07. The number of hydrogen-bond acceptors (Lipinski definition) is 5. The van der Waals surface area contributed by atoms with Crippen LogP contribution < -0.4 is 16.0 Å². The second kappa shape index (κ2) is 4.23. The lowest BCUT2D eigenvalue weighted by molar-refractivity contribution is 0.846. The summed E-state index contributed by atoms with van der Waals surface area (Å²) >= 11 is 0. The molecule has 2 aliphatic rings. The van der Waals surface area contributed by atoms with Gasteiger partial charge in [-0.05, 0) is 0 Å². The van der Waals surface area contributed by atoms with Crippen molar-refractivity contribution < 1.29 is 0 Å². The highest BCUT2D eigenvalue weighted by Crippen LogP contribution is 1.85. The Morgan fingerprint density at radius 1 is 1.00 bits per heavy atom. The van der Waals surface area contributed by atoms with Crippen LogP contribution in [-0.4, -0.2) is 50.9 Å². The van der Waals surface area contributed by atoms with E-state index in [-0.39, 0.29) is 0 Å². The van der Waals surface area contributed by atoms with Crippen LogP contribution in [0.5, 0.6) is 0 Å². The Morgan fingerprint density at radius 2 is 1.54 bits per heavy atom. The van der Waals surface area contributed by atoms with E-state index >= 15 is 0 Å². The van der Waals surface area contributed by atoms with Crippen LogP contribution in [0.4, 0.5) is 0 Å². The van der Waals surface area contributed by atoms with Crippen LogP contribution in [0.2, 0.25) is 0 Å². The van der Waals surface area contributed by atoms with Crippen molar-refractivity contribution in [2.75, 3.05) is 39.3 Å². The Morgan fingerprint density at radius 3 is 1.92 bits per heavy atom. The van der Waals surface area contributed by atoms with Crippen LogP contribution in [-0.2, 0) is 0 Å². The van der Waals surface area contributed by atoms with Crippen molar-refractivity contribution in [1.82, 2.24) is 16.0 Å². The lowest BCUT2D eigenvalue weighted by Crippen LogP contribution is -2.37. The molecule has 0 bridgehead atoms. The zero-order valence-corrected chi connectivity index (χ0v) is 7.64. The SMILES string of the molecule is C1CNC(CNCC2=NCCN2)=N1. The van der Waals surface area contributed by atoms with E-state index in [2.05, 4.69) is 25.9 Å². The molecule has 0 aromatic carbocycles. The highest BCUT2D eigenvalue weighted by Gasteiger charge is 2.06. The van der Waals surface area contributed by atoms with Gasteiger partial charge >= 0.3 is 0 Å². The molecule has 2 heterocycles. The molecule has 5 nitrogen and oxygen atoms in total. The van der Waals surface area contributed by atoms with Gasteiger partial charge in [0, 0.05) is 13.1 Å². The van der Waals surface area contributed by atoms with E-state index in [0.29, 0.717) is 0 Å². The molecular formula is C8H15N5. The van der Waals surface area contributed by atoms with Crippen LogP contribution in [0.1, 0.15) is 0 Å². The minimum atomic E-state index is 0.820. The molecule has 5 heteroatoms. The molecule has 13 heavy (non-hydrogen) atoms. The Kier molecular flexibility index (Phi) is 2.76. The summed E-state index contributed by atoms with van der Waals surface area (Å²) in [7, 11) is 0. The van der Waals surface area contributed by atoms with Crippen LogP contribution in [0.25, 0.3) is 0 Å².